The first-order valence-electron chi connectivity index (χ1n) is 9.94. The van der Waals surface area contributed by atoms with Crippen molar-refractivity contribution in [2.24, 2.45) is 0 Å². The number of fused-ring (bicyclic) bond motifs is 1. The molecular weight excluding hydrogens is 410 g/mol. The number of esters is 1. The zero-order valence-corrected chi connectivity index (χ0v) is 17.7. The molecule has 0 atom stereocenters. The Labute approximate surface area is 185 Å². The third kappa shape index (κ3) is 4.05. The van der Waals surface area contributed by atoms with Gasteiger partial charge in [-0.3, -0.25) is 14.5 Å². The van der Waals surface area contributed by atoms with Gasteiger partial charge < -0.3 is 14.2 Å². The minimum Gasteiger partial charge on any atom is -0.497 e. The summed E-state index contributed by atoms with van der Waals surface area (Å²) in [4.78, 5) is 39.2. The van der Waals surface area contributed by atoms with Gasteiger partial charge in [0, 0.05) is 0 Å². The van der Waals surface area contributed by atoms with Gasteiger partial charge in [-0.1, -0.05) is 30.3 Å². The van der Waals surface area contributed by atoms with Crippen LogP contribution in [0, 0.1) is 0 Å². The summed E-state index contributed by atoms with van der Waals surface area (Å²) in [7, 11) is 3.04. The van der Waals surface area contributed by atoms with Gasteiger partial charge in [-0.2, -0.15) is 0 Å². The average Bonchev–Trinajstić information content (AvgIpc) is 3.07. The Hall–Kier alpha value is -4.13. The van der Waals surface area contributed by atoms with Crippen LogP contribution in [0.25, 0.3) is 0 Å². The Balaban J connectivity index is 1.50. The van der Waals surface area contributed by atoms with Crippen molar-refractivity contribution in [3.05, 3.63) is 94.5 Å². The van der Waals surface area contributed by atoms with Crippen molar-refractivity contribution in [2.75, 3.05) is 14.2 Å². The number of hydrogen-bond acceptors (Lipinski definition) is 6. The van der Waals surface area contributed by atoms with E-state index in [9.17, 15) is 14.4 Å². The van der Waals surface area contributed by atoms with E-state index in [0.717, 1.165) is 5.56 Å². The lowest BCUT2D eigenvalue weighted by molar-refractivity contribution is 0.0468. The molecular formula is C25H21NO6. The zero-order valence-electron chi connectivity index (χ0n) is 17.7. The van der Waals surface area contributed by atoms with Gasteiger partial charge >= 0.3 is 5.97 Å². The Bertz CT molecular complexity index is 1150. The van der Waals surface area contributed by atoms with Crippen LogP contribution in [0.3, 0.4) is 0 Å². The largest absolute Gasteiger partial charge is 0.497 e. The second-order valence-corrected chi connectivity index (χ2v) is 7.20. The van der Waals surface area contributed by atoms with E-state index in [2.05, 4.69) is 0 Å². The summed E-state index contributed by atoms with van der Waals surface area (Å²) in [6, 6.07) is 18.8. The van der Waals surface area contributed by atoms with Crippen LogP contribution in [0.5, 0.6) is 11.5 Å². The molecule has 0 fully saturated rings. The molecule has 7 nitrogen and oxygen atoms in total. The van der Waals surface area contributed by atoms with Crippen LogP contribution in [-0.2, 0) is 17.9 Å². The number of amides is 2. The Kier molecular flexibility index (Phi) is 5.89. The highest BCUT2D eigenvalue weighted by Crippen LogP contribution is 2.27. The maximum absolute atomic E-state index is 12.7. The van der Waals surface area contributed by atoms with Gasteiger partial charge in [0.25, 0.3) is 11.8 Å². The van der Waals surface area contributed by atoms with Crippen molar-refractivity contribution < 1.29 is 28.6 Å². The molecule has 4 rings (SSSR count). The number of carbonyl (C=O) groups excluding carboxylic acids is 3. The molecule has 0 N–H and O–H groups in total. The summed E-state index contributed by atoms with van der Waals surface area (Å²) >= 11 is 0. The van der Waals surface area contributed by atoms with Crippen molar-refractivity contribution in [1.29, 1.82) is 0 Å². The number of carbonyl (C=O) groups is 3. The summed E-state index contributed by atoms with van der Waals surface area (Å²) in [5.41, 5.74) is 2.39. The smallest absolute Gasteiger partial charge is 0.342 e. The molecule has 0 spiro atoms. The quantitative estimate of drug-likeness (QED) is 0.417. The van der Waals surface area contributed by atoms with Crippen molar-refractivity contribution in [2.45, 2.75) is 13.2 Å². The van der Waals surface area contributed by atoms with Crippen molar-refractivity contribution in [3.8, 4) is 11.5 Å². The van der Waals surface area contributed by atoms with Crippen LogP contribution in [0.15, 0.2) is 66.7 Å². The topological polar surface area (TPSA) is 82.1 Å². The van der Waals surface area contributed by atoms with Crippen LogP contribution < -0.4 is 9.47 Å². The molecule has 0 unspecified atom stereocenters. The van der Waals surface area contributed by atoms with Gasteiger partial charge in [0.2, 0.25) is 0 Å². The Morgan fingerprint density at radius 2 is 1.44 bits per heavy atom. The molecule has 3 aromatic rings. The molecule has 0 saturated carbocycles. The van der Waals surface area contributed by atoms with Crippen LogP contribution in [0.4, 0.5) is 0 Å². The fourth-order valence-electron chi connectivity index (χ4n) is 3.53. The summed E-state index contributed by atoms with van der Waals surface area (Å²) < 4.78 is 15.9. The lowest BCUT2D eigenvalue weighted by atomic mass is 10.1. The van der Waals surface area contributed by atoms with Crippen LogP contribution in [0.1, 0.15) is 42.2 Å². The minimum atomic E-state index is -0.568. The molecule has 3 aromatic carbocycles. The highest BCUT2D eigenvalue weighted by molar-refractivity contribution is 6.21. The van der Waals surface area contributed by atoms with Crippen LogP contribution in [-0.4, -0.2) is 36.9 Å². The molecule has 0 aromatic heterocycles. The SMILES string of the molecule is COc1ccc(COC(=O)c2cc(CN3C(=O)c4ccccc4C3=O)ccc2OC)cc1. The zero-order chi connectivity index (χ0) is 22.7. The molecule has 0 saturated heterocycles. The van der Waals surface area contributed by atoms with E-state index < -0.39 is 5.97 Å². The summed E-state index contributed by atoms with van der Waals surface area (Å²) in [5.74, 6) is -0.226. The van der Waals surface area contributed by atoms with Gasteiger partial charge in [-0.25, -0.2) is 4.79 Å². The maximum atomic E-state index is 12.7. The molecule has 2 amide bonds. The summed E-state index contributed by atoms with van der Waals surface area (Å²) in [5, 5.41) is 0. The normalized spacial score (nSPS) is 12.5. The van der Waals surface area contributed by atoms with Crippen LogP contribution >= 0.6 is 0 Å². The highest BCUT2D eigenvalue weighted by Gasteiger charge is 2.35. The van der Waals surface area contributed by atoms with E-state index in [1.165, 1.54) is 12.0 Å². The van der Waals surface area contributed by atoms with E-state index in [4.69, 9.17) is 14.2 Å². The maximum Gasteiger partial charge on any atom is 0.342 e. The first-order valence-corrected chi connectivity index (χ1v) is 9.94. The van der Waals surface area contributed by atoms with Crippen molar-refractivity contribution in [1.82, 2.24) is 4.90 Å². The molecule has 7 heteroatoms. The molecule has 0 radical (unpaired) electrons. The van der Waals surface area contributed by atoms with Gasteiger partial charge in [0.15, 0.2) is 0 Å². The van der Waals surface area contributed by atoms with E-state index >= 15 is 0 Å². The third-order valence-corrected chi connectivity index (χ3v) is 5.23. The second-order valence-electron chi connectivity index (χ2n) is 7.20. The number of rotatable bonds is 7. The second kappa shape index (κ2) is 8.93. The van der Waals surface area contributed by atoms with Crippen molar-refractivity contribution >= 4 is 17.8 Å². The first kappa shape index (κ1) is 21.1. The monoisotopic (exact) mass is 431 g/mol. The first-order chi connectivity index (χ1) is 15.5. The molecule has 0 bridgehead atoms. The number of nitrogens with zero attached hydrogens (tertiary/aromatic N) is 1. The predicted molar refractivity (Wildman–Crippen MR) is 116 cm³/mol. The number of imide groups is 1. The van der Waals surface area contributed by atoms with E-state index in [-0.39, 0.29) is 30.5 Å². The predicted octanol–water partition coefficient (Wildman–Crippen LogP) is 3.86. The number of ether oxygens (including phenoxy) is 3. The van der Waals surface area contributed by atoms with Crippen LogP contribution in [0.2, 0.25) is 0 Å². The lowest BCUT2D eigenvalue weighted by Gasteiger charge is -2.16. The molecule has 32 heavy (non-hydrogen) atoms. The fraction of sp³-hybridized carbons (Fsp3) is 0.160. The van der Waals surface area contributed by atoms with E-state index in [0.29, 0.717) is 28.2 Å². The van der Waals surface area contributed by atoms with Gasteiger partial charge in [0.05, 0.1) is 31.9 Å². The third-order valence-electron chi connectivity index (χ3n) is 5.23. The number of hydrogen-bond donors (Lipinski definition) is 0. The van der Waals surface area contributed by atoms with Gasteiger partial charge in [0.1, 0.15) is 23.7 Å². The van der Waals surface area contributed by atoms with E-state index in [1.807, 2.05) is 12.1 Å². The molecule has 162 valence electrons. The summed E-state index contributed by atoms with van der Waals surface area (Å²) in [6.45, 7) is 0.115. The number of methoxy groups -OCH3 is 2. The molecule has 0 aliphatic carbocycles. The molecule has 1 aliphatic rings. The van der Waals surface area contributed by atoms with Gasteiger partial charge in [-0.05, 0) is 47.5 Å². The average molecular weight is 431 g/mol. The standard InChI is InChI=1S/C25H21NO6/c1-30-18-10-7-16(8-11-18)15-32-25(29)21-13-17(9-12-22(21)31-2)14-26-23(27)19-5-3-4-6-20(19)24(26)28/h3-13H,14-15H2,1-2H3. The molecule has 1 aliphatic heterocycles. The summed E-state index contributed by atoms with van der Waals surface area (Å²) in [6.07, 6.45) is 0. The van der Waals surface area contributed by atoms with Gasteiger partial charge in [-0.15, -0.1) is 0 Å². The lowest BCUT2D eigenvalue weighted by Crippen LogP contribution is -2.29. The number of benzene rings is 3. The van der Waals surface area contributed by atoms with Crippen molar-refractivity contribution in [3.63, 3.8) is 0 Å². The minimum absolute atomic E-state index is 0.0368. The fourth-order valence-corrected chi connectivity index (χ4v) is 3.53. The molecule has 1 heterocycles. The highest BCUT2D eigenvalue weighted by atomic mass is 16.5. The Morgan fingerprint density at radius 3 is 2.03 bits per heavy atom. The Morgan fingerprint density at radius 1 is 0.812 bits per heavy atom. The van der Waals surface area contributed by atoms with E-state index in [1.54, 1.807) is 61.7 Å².